The fraction of sp³-hybridized carbons (Fsp3) is 0.591. The summed E-state index contributed by atoms with van der Waals surface area (Å²) in [6, 6.07) is 6.76. The summed E-state index contributed by atoms with van der Waals surface area (Å²) in [5.74, 6) is 3.61. The number of nitrogens with one attached hydrogen (secondary N) is 1. The third-order valence-electron chi connectivity index (χ3n) is 7.39. The van der Waals surface area contributed by atoms with Gasteiger partial charge in [0.2, 0.25) is 0 Å². The Morgan fingerprint density at radius 1 is 1.17 bits per heavy atom. The monoisotopic (exact) mass is 309 g/mol. The minimum absolute atomic E-state index is 0.619. The molecule has 0 bridgehead atoms. The minimum atomic E-state index is 0.619. The fourth-order valence-corrected chi connectivity index (χ4v) is 5.95. The average molecular weight is 309 g/mol. The van der Waals surface area contributed by atoms with Crippen LogP contribution in [0.25, 0.3) is 0 Å². The summed E-state index contributed by atoms with van der Waals surface area (Å²) in [7, 11) is 0. The van der Waals surface area contributed by atoms with E-state index >= 15 is 0 Å². The smallest absolute Gasteiger partial charge is 0.0250 e. The lowest BCUT2D eigenvalue weighted by Crippen LogP contribution is -2.41. The normalized spacial score (nSPS) is 37.7. The molecular weight excluding hydrogens is 278 g/mol. The molecule has 4 rings (SSSR count). The van der Waals surface area contributed by atoms with Crippen LogP contribution in [0.1, 0.15) is 68.6 Å². The third-order valence-corrected chi connectivity index (χ3v) is 7.39. The van der Waals surface area contributed by atoms with Gasteiger partial charge in [0.1, 0.15) is 0 Å². The first-order chi connectivity index (χ1) is 11.1. The van der Waals surface area contributed by atoms with E-state index in [4.69, 9.17) is 5.41 Å². The zero-order valence-corrected chi connectivity index (χ0v) is 14.8. The van der Waals surface area contributed by atoms with Gasteiger partial charge in [-0.25, -0.2) is 0 Å². The molecule has 1 aromatic carbocycles. The molecule has 0 radical (unpaired) electrons. The van der Waals surface area contributed by atoms with E-state index in [1.54, 1.807) is 5.56 Å². The Bertz CT molecular complexity index is 590. The molecule has 0 spiro atoms. The molecule has 1 heteroatoms. The van der Waals surface area contributed by atoms with E-state index in [0.717, 1.165) is 29.2 Å². The molecule has 0 heterocycles. The average Bonchev–Trinajstić information content (AvgIpc) is 2.91. The highest BCUT2D eigenvalue weighted by Crippen LogP contribution is 2.62. The summed E-state index contributed by atoms with van der Waals surface area (Å²) in [5, 5.41) is 7.46. The largest absolute Gasteiger partial charge is 0.308 e. The molecule has 1 nitrogen and oxygen atoms in total. The van der Waals surface area contributed by atoms with Gasteiger partial charge >= 0.3 is 0 Å². The lowest BCUT2D eigenvalue weighted by Gasteiger charge is -2.50. The van der Waals surface area contributed by atoms with Crippen molar-refractivity contribution in [3.63, 3.8) is 0 Å². The third kappa shape index (κ3) is 2.49. The number of rotatable bonds is 1. The molecule has 0 aromatic heterocycles. The van der Waals surface area contributed by atoms with Crippen LogP contribution in [0.3, 0.4) is 0 Å². The maximum Gasteiger partial charge on any atom is 0.0250 e. The molecule has 3 aliphatic carbocycles. The van der Waals surface area contributed by atoms with Gasteiger partial charge in [-0.05, 0) is 90.4 Å². The Hall–Kier alpha value is -1.37. The van der Waals surface area contributed by atoms with Crippen molar-refractivity contribution in [1.82, 2.24) is 0 Å². The second-order valence-corrected chi connectivity index (χ2v) is 8.04. The first-order valence-electron chi connectivity index (χ1n) is 9.27. The van der Waals surface area contributed by atoms with Gasteiger partial charge in [-0.1, -0.05) is 26.0 Å². The quantitative estimate of drug-likeness (QED) is 0.487. The Balaban J connectivity index is 0.000000753. The maximum atomic E-state index is 7.46. The van der Waals surface area contributed by atoms with E-state index in [2.05, 4.69) is 45.2 Å². The summed E-state index contributed by atoms with van der Waals surface area (Å²) in [4.78, 5) is 0. The van der Waals surface area contributed by atoms with E-state index in [1.807, 2.05) is 0 Å². The summed E-state index contributed by atoms with van der Waals surface area (Å²) in [6.45, 7) is 11.1. The number of benzene rings is 1. The molecule has 0 aliphatic heterocycles. The standard InChI is InChI=1S/C20H27N.C2H4/c1-13-3-8-19-18-7-5-15-11-14(12-21)4-6-16(15)17(18)9-10-20(13,19)2;1-2/h4,6,11-13,17-19,21H,3,5,7-10H2,1-2H3;1-2H2. The van der Waals surface area contributed by atoms with Gasteiger partial charge in [0.25, 0.3) is 0 Å². The highest BCUT2D eigenvalue weighted by atomic mass is 14.6. The Morgan fingerprint density at radius 2 is 1.96 bits per heavy atom. The molecule has 5 unspecified atom stereocenters. The van der Waals surface area contributed by atoms with Crippen molar-refractivity contribution in [3.8, 4) is 0 Å². The van der Waals surface area contributed by atoms with Crippen LogP contribution in [-0.4, -0.2) is 6.21 Å². The number of hydrogen-bond acceptors (Lipinski definition) is 1. The van der Waals surface area contributed by atoms with Crippen LogP contribution >= 0.6 is 0 Å². The van der Waals surface area contributed by atoms with Crippen LogP contribution in [-0.2, 0) is 6.42 Å². The predicted octanol–water partition coefficient (Wildman–Crippen LogP) is 5.98. The van der Waals surface area contributed by atoms with Gasteiger partial charge in [-0.2, -0.15) is 0 Å². The molecule has 5 atom stereocenters. The van der Waals surface area contributed by atoms with Crippen molar-refractivity contribution in [2.45, 2.75) is 58.3 Å². The SMILES string of the molecule is C=C.CC1CCC2C3CCc4cc(C=N)ccc4C3CCC12C. The molecular formula is C22H31N. The summed E-state index contributed by atoms with van der Waals surface area (Å²) >= 11 is 0. The van der Waals surface area contributed by atoms with Crippen LogP contribution in [0.5, 0.6) is 0 Å². The molecule has 1 N–H and O–H groups in total. The molecule has 0 saturated heterocycles. The second kappa shape index (κ2) is 6.26. The van der Waals surface area contributed by atoms with Gasteiger partial charge in [0, 0.05) is 6.21 Å². The number of aryl methyl sites for hydroxylation is 1. The summed E-state index contributed by atoms with van der Waals surface area (Å²) in [5.41, 5.74) is 4.85. The lowest BCUT2D eigenvalue weighted by molar-refractivity contribution is 0.0337. The van der Waals surface area contributed by atoms with Gasteiger partial charge in [-0.15, -0.1) is 13.2 Å². The molecule has 23 heavy (non-hydrogen) atoms. The van der Waals surface area contributed by atoms with Gasteiger partial charge in [-0.3, -0.25) is 0 Å². The first-order valence-corrected chi connectivity index (χ1v) is 9.27. The van der Waals surface area contributed by atoms with Gasteiger partial charge in [0.15, 0.2) is 0 Å². The summed E-state index contributed by atoms with van der Waals surface area (Å²) < 4.78 is 0. The highest BCUT2D eigenvalue weighted by molar-refractivity contribution is 5.77. The molecule has 2 fully saturated rings. The van der Waals surface area contributed by atoms with Gasteiger partial charge in [0.05, 0.1) is 0 Å². The van der Waals surface area contributed by atoms with Crippen molar-refractivity contribution in [3.05, 3.63) is 48.0 Å². The van der Waals surface area contributed by atoms with Crippen LogP contribution in [0.4, 0.5) is 0 Å². The Morgan fingerprint density at radius 3 is 2.70 bits per heavy atom. The minimum Gasteiger partial charge on any atom is -0.308 e. The van der Waals surface area contributed by atoms with Crippen molar-refractivity contribution in [2.24, 2.45) is 23.2 Å². The molecule has 0 amide bonds. The highest BCUT2D eigenvalue weighted by Gasteiger charge is 2.53. The Labute approximate surface area is 141 Å². The van der Waals surface area contributed by atoms with E-state index in [9.17, 15) is 0 Å². The topological polar surface area (TPSA) is 23.9 Å². The number of fused-ring (bicyclic) bond motifs is 5. The van der Waals surface area contributed by atoms with Crippen LogP contribution in [0.15, 0.2) is 31.4 Å². The van der Waals surface area contributed by atoms with E-state index in [0.29, 0.717) is 5.41 Å². The molecule has 124 valence electrons. The number of hydrogen-bond donors (Lipinski definition) is 1. The van der Waals surface area contributed by atoms with Crippen molar-refractivity contribution < 1.29 is 0 Å². The van der Waals surface area contributed by atoms with Crippen LogP contribution < -0.4 is 0 Å². The van der Waals surface area contributed by atoms with Crippen molar-refractivity contribution >= 4 is 6.21 Å². The second-order valence-electron chi connectivity index (χ2n) is 8.04. The molecule has 1 aromatic rings. The van der Waals surface area contributed by atoms with Crippen molar-refractivity contribution in [2.75, 3.05) is 0 Å². The van der Waals surface area contributed by atoms with Crippen LogP contribution in [0.2, 0.25) is 0 Å². The fourth-order valence-electron chi connectivity index (χ4n) is 5.95. The summed E-state index contributed by atoms with van der Waals surface area (Å²) in [6.07, 6.45) is 9.83. The van der Waals surface area contributed by atoms with Gasteiger partial charge < -0.3 is 5.41 Å². The van der Waals surface area contributed by atoms with Crippen LogP contribution in [0, 0.1) is 28.6 Å². The predicted molar refractivity (Wildman–Crippen MR) is 99.4 cm³/mol. The van der Waals surface area contributed by atoms with E-state index in [-0.39, 0.29) is 0 Å². The van der Waals surface area contributed by atoms with Crippen molar-refractivity contribution in [1.29, 1.82) is 5.41 Å². The maximum absolute atomic E-state index is 7.46. The lowest BCUT2D eigenvalue weighted by atomic mass is 9.54. The molecule has 2 saturated carbocycles. The van der Waals surface area contributed by atoms with E-state index < -0.39 is 0 Å². The zero-order valence-electron chi connectivity index (χ0n) is 14.8. The first kappa shape index (κ1) is 16.5. The van der Waals surface area contributed by atoms with E-state index in [1.165, 1.54) is 50.3 Å². The molecule has 3 aliphatic rings. The Kier molecular flexibility index (Phi) is 4.49. The zero-order chi connectivity index (χ0) is 16.6.